The summed E-state index contributed by atoms with van der Waals surface area (Å²) in [4.78, 5) is 0. The van der Waals surface area contributed by atoms with Crippen LogP contribution in [0.2, 0.25) is 0 Å². The Morgan fingerprint density at radius 1 is 1.44 bits per heavy atom. The van der Waals surface area contributed by atoms with E-state index in [0.717, 1.165) is 0 Å². The standard InChI is InChI=1S/C7H9FN/c1-6-2-4-7(8,9)5-3-6/h2-6H,1,9H2. The lowest BCUT2D eigenvalue weighted by Gasteiger charge is -2.15. The van der Waals surface area contributed by atoms with E-state index in [2.05, 4.69) is 6.92 Å². The fourth-order valence-electron chi connectivity index (χ4n) is 0.662. The highest BCUT2D eigenvalue weighted by molar-refractivity contribution is 5.20. The molecule has 0 aromatic carbocycles. The van der Waals surface area contributed by atoms with Gasteiger partial charge in [-0.3, -0.25) is 5.73 Å². The van der Waals surface area contributed by atoms with Crippen molar-refractivity contribution in [2.45, 2.75) is 5.79 Å². The highest BCUT2D eigenvalue weighted by Crippen LogP contribution is 2.16. The minimum Gasteiger partial charge on any atom is -0.292 e. The number of hydrogen-bond donors (Lipinski definition) is 1. The van der Waals surface area contributed by atoms with Crippen LogP contribution in [0.5, 0.6) is 0 Å². The van der Waals surface area contributed by atoms with Crippen LogP contribution in [0.3, 0.4) is 0 Å². The largest absolute Gasteiger partial charge is 0.292 e. The first-order chi connectivity index (χ1) is 4.10. The summed E-state index contributed by atoms with van der Waals surface area (Å²) in [6, 6.07) is 0. The van der Waals surface area contributed by atoms with Crippen LogP contribution in [-0.4, -0.2) is 5.79 Å². The Labute approximate surface area is 54.0 Å². The number of nitrogens with two attached hydrogens (primary N) is 1. The Kier molecular flexibility index (Phi) is 1.41. The van der Waals surface area contributed by atoms with Crippen molar-refractivity contribution in [3.05, 3.63) is 31.2 Å². The predicted molar refractivity (Wildman–Crippen MR) is 35.2 cm³/mol. The number of halogens is 1. The van der Waals surface area contributed by atoms with E-state index in [1.165, 1.54) is 12.2 Å². The molecule has 0 amide bonds. The highest BCUT2D eigenvalue weighted by atomic mass is 19.1. The van der Waals surface area contributed by atoms with Crippen LogP contribution in [0.25, 0.3) is 0 Å². The zero-order chi connectivity index (χ0) is 6.91. The summed E-state index contributed by atoms with van der Waals surface area (Å²) in [5.74, 6) is -1.67. The van der Waals surface area contributed by atoms with Gasteiger partial charge in [-0.05, 0) is 25.0 Å². The molecule has 1 aliphatic carbocycles. The van der Waals surface area contributed by atoms with E-state index in [1.807, 2.05) is 0 Å². The number of hydrogen-bond acceptors (Lipinski definition) is 1. The van der Waals surface area contributed by atoms with Gasteiger partial charge in [-0.2, -0.15) is 0 Å². The quantitative estimate of drug-likeness (QED) is 0.383. The summed E-state index contributed by atoms with van der Waals surface area (Å²) in [6.07, 6.45) is 5.90. The minimum absolute atomic E-state index is 0.0671. The van der Waals surface area contributed by atoms with Gasteiger partial charge < -0.3 is 0 Å². The molecular weight excluding hydrogens is 117 g/mol. The summed E-state index contributed by atoms with van der Waals surface area (Å²) in [5.41, 5.74) is 5.07. The molecule has 49 valence electrons. The lowest BCUT2D eigenvalue weighted by Crippen LogP contribution is -2.30. The molecule has 0 spiro atoms. The lowest BCUT2D eigenvalue weighted by molar-refractivity contribution is 0.305. The number of allylic oxidation sites excluding steroid dienone is 2. The highest BCUT2D eigenvalue weighted by Gasteiger charge is 2.17. The summed E-state index contributed by atoms with van der Waals surface area (Å²) in [6.45, 7) is 3.67. The molecule has 0 saturated carbocycles. The minimum atomic E-state index is -1.74. The molecule has 1 aliphatic rings. The zero-order valence-corrected chi connectivity index (χ0v) is 5.05. The average molecular weight is 126 g/mol. The second-order valence-corrected chi connectivity index (χ2v) is 2.21. The third-order valence-corrected chi connectivity index (χ3v) is 1.20. The Morgan fingerprint density at radius 3 is 2.22 bits per heavy atom. The summed E-state index contributed by atoms with van der Waals surface area (Å²) >= 11 is 0. The summed E-state index contributed by atoms with van der Waals surface area (Å²) in [7, 11) is 0. The van der Waals surface area contributed by atoms with Gasteiger partial charge >= 0.3 is 0 Å². The normalized spacial score (nSPS) is 41.4. The first-order valence-corrected chi connectivity index (χ1v) is 2.80. The molecule has 0 heterocycles. The average Bonchev–Trinajstić information content (AvgIpc) is 1.78. The monoisotopic (exact) mass is 126 g/mol. The van der Waals surface area contributed by atoms with Gasteiger partial charge in [0.15, 0.2) is 5.79 Å². The van der Waals surface area contributed by atoms with Crippen molar-refractivity contribution in [2.75, 3.05) is 0 Å². The smallest absolute Gasteiger partial charge is 0.196 e. The molecule has 2 N–H and O–H groups in total. The molecule has 1 radical (unpaired) electrons. The van der Waals surface area contributed by atoms with E-state index >= 15 is 0 Å². The Hall–Kier alpha value is -0.630. The molecule has 0 aliphatic heterocycles. The van der Waals surface area contributed by atoms with Gasteiger partial charge in [-0.1, -0.05) is 12.2 Å². The molecule has 2 heteroatoms. The molecule has 0 aromatic rings. The van der Waals surface area contributed by atoms with E-state index in [-0.39, 0.29) is 5.92 Å². The van der Waals surface area contributed by atoms with Crippen molar-refractivity contribution in [1.29, 1.82) is 0 Å². The van der Waals surface area contributed by atoms with E-state index in [0.29, 0.717) is 0 Å². The van der Waals surface area contributed by atoms with Crippen LogP contribution in [0.4, 0.5) is 4.39 Å². The van der Waals surface area contributed by atoms with Crippen molar-refractivity contribution < 1.29 is 4.39 Å². The van der Waals surface area contributed by atoms with Gasteiger partial charge in [0.05, 0.1) is 0 Å². The third kappa shape index (κ3) is 1.64. The van der Waals surface area contributed by atoms with E-state index in [4.69, 9.17) is 5.73 Å². The number of rotatable bonds is 0. The Morgan fingerprint density at radius 2 is 1.89 bits per heavy atom. The van der Waals surface area contributed by atoms with E-state index < -0.39 is 5.79 Å². The van der Waals surface area contributed by atoms with Crippen LogP contribution >= 0.6 is 0 Å². The molecule has 0 aromatic heterocycles. The van der Waals surface area contributed by atoms with Crippen LogP contribution in [-0.2, 0) is 0 Å². The van der Waals surface area contributed by atoms with Gasteiger partial charge in [0.1, 0.15) is 0 Å². The van der Waals surface area contributed by atoms with E-state index in [9.17, 15) is 4.39 Å². The van der Waals surface area contributed by atoms with Crippen molar-refractivity contribution in [3.63, 3.8) is 0 Å². The molecule has 9 heavy (non-hydrogen) atoms. The maximum Gasteiger partial charge on any atom is 0.196 e. The zero-order valence-electron chi connectivity index (χ0n) is 5.05. The van der Waals surface area contributed by atoms with Crippen LogP contribution in [0.1, 0.15) is 0 Å². The van der Waals surface area contributed by atoms with Gasteiger partial charge in [0.25, 0.3) is 0 Å². The van der Waals surface area contributed by atoms with Crippen molar-refractivity contribution in [1.82, 2.24) is 0 Å². The molecular formula is C7H9FN. The molecule has 0 bridgehead atoms. The first kappa shape index (κ1) is 6.49. The maximum atomic E-state index is 12.6. The second-order valence-electron chi connectivity index (χ2n) is 2.21. The van der Waals surface area contributed by atoms with Gasteiger partial charge in [-0.25, -0.2) is 4.39 Å². The fraction of sp³-hybridized carbons (Fsp3) is 0.286. The van der Waals surface area contributed by atoms with Gasteiger partial charge in [0, 0.05) is 0 Å². The fourth-order valence-corrected chi connectivity index (χ4v) is 0.662. The Balaban J connectivity index is 2.70. The van der Waals surface area contributed by atoms with Crippen LogP contribution < -0.4 is 5.73 Å². The second kappa shape index (κ2) is 1.95. The van der Waals surface area contributed by atoms with Gasteiger partial charge in [-0.15, -0.1) is 0 Å². The maximum absolute atomic E-state index is 12.6. The van der Waals surface area contributed by atoms with E-state index in [1.54, 1.807) is 12.2 Å². The molecule has 1 rings (SSSR count). The number of alkyl halides is 1. The molecule has 0 fully saturated rings. The lowest BCUT2D eigenvalue weighted by atomic mass is 10.0. The topological polar surface area (TPSA) is 26.0 Å². The SMILES string of the molecule is [CH2]C1C=CC(N)(F)C=C1. The molecule has 0 saturated heterocycles. The molecule has 0 unspecified atom stereocenters. The summed E-state index contributed by atoms with van der Waals surface area (Å²) < 4.78 is 12.6. The van der Waals surface area contributed by atoms with Crippen LogP contribution in [0, 0.1) is 12.8 Å². The van der Waals surface area contributed by atoms with Crippen LogP contribution in [0.15, 0.2) is 24.3 Å². The van der Waals surface area contributed by atoms with Crippen molar-refractivity contribution in [2.24, 2.45) is 11.7 Å². The van der Waals surface area contributed by atoms with Crippen molar-refractivity contribution in [3.8, 4) is 0 Å². The molecule has 0 atom stereocenters. The summed E-state index contributed by atoms with van der Waals surface area (Å²) in [5, 5.41) is 0. The molecule has 1 nitrogen and oxygen atoms in total. The Bertz CT molecular complexity index is 142. The van der Waals surface area contributed by atoms with Crippen molar-refractivity contribution >= 4 is 0 Å². The predicted octanol–water partition coefficient (Wildman–Crippen LogP) is 1.19. The van der Waals surface area contributed by atoms with Gasteiger partial charge in [0.2, 0.25) is 0 Å². The third-order valence-electron chi connectivity index (χ3n) is 1.20. The first-order valence-electron chi connectivity index (χ1n) is 2.80.